The summed E-state index contributed by atoms with van der Waals surface area (Å²) in [6.45, 7) is 0.801. The Hall–Kier alpha value is -1.31. The first-order chi connectivity index (χ1) is 7.40. The third kappa shape index (κ3) is 2.58. The van der Waals surface area contributed by atoms with Gasteiger partial charge in [0.05, 0.1) is 6.61 Å². The van der Waals surface area contributed by atoms with Crippen LogP contribution in [0, 0.1) is 5.92 Å². The van der Waals surface area contributed by atoms with Gasteiger partial charge in [-0.1, -0.05) is 18.2 Å². The zero-order valence-electron chi connectivity index (χ0n) is 8.82. The molecule has 0 bridgehead atoms. The lowest BCUT2D eigenvalue weighted by atomic mass is 9.92. The van der Waals surface area contributed by atoms with Crippen LogP contribution in [0.3, 0.4) is 0 Å². The molecule has 1 heterocycles. The van der Waals surface area contributed by atoms with E-state index >= 15 is 0 Å². The fourth-order valence-corrected chi connectivity index (χ4v) is 2.07. The van der Waals surface area contributed by atoms with Crippen LogP contribution in [0.5, 0.6) is 5.75 Å². The van der Waals surface area contributed by atoms with Crippen molar-refractivity contribution in [3.63, 3.8) is 0 Å². The quantitative estimate of drug-likeness (QED) is 0.556. The molecular formula is C13H16O2. The number of unbranched alkanes of at least 4 members (excludes halogenated alkanes) is 1. The lowest BCUT2D eigenvalue weighted by Gasteiger charge is -2.24. The van der Waals surface area contributed by atoms with Crippen LogP contribution >= 0.6 is 0 Å². The number of rotatable bonds is 4. The van der Waals surface area contributed by atoms with Crippen LogP contribution in [-0.4, -0.2) is 12.9 Å². The van der Waals surface area contributed by atoms with Crippen LogP contribution in [0.2, 0.25) is 0 Å². The number of hydrogen-bond acceptors (Lipinski definition) is 2. The SMILES string of the molecule is O=CCCCC1COc2ccccc2C1. The summed E-state index contributed by atoms with van der Waals surface area (Å²) < 4.78 is 5.68. The van der Waals surface area contributed by atoms with Crippen LogP contribution in [0.4, 0.5) is 0 Å². The monoisotopic (exact) mass is 204 g/mol. The van der Waals surface area contributed by atoms with Crippen molar-refractivity contribution in [2.45, 2.75) is 25.7 Å². The second-order valence-corrected chi connectivity index (χ2v) is 4.09. The molecule has 80 valence electrons. The smallest absolute Gasteiger partial charge is 0.122 e. The highest BCUT2D eigenvalue weighted by atomic mass is 16.5. The molecule has 2 heteroatoms. The van der Waals surface area contributed by atoms with Gasteiger partial charge in [-0.25, -0.2) is 0 Å². The molecule has 1 aliphatic rings. The van der Waals surface area contributed by atoms with Crippen molar-refractivity contribution in [3.05, 3.63) is 29.8 Å². The van der Waals surface area contributed by atoms with Gasteiger partial charge in [-0.15, -0.1) is 0 Å². The number of carbonyl (C=O) groups is 1. The molecule has 2 rings (SSSR count). The third-order valence-corrected chi connectivity index (χ3v) is 2.89. The molecule has 1 atom stereocenters. The van der Waals surface area contributed by atoms with Gasteiger partial charge in [-0.2, -0.15) is 0 Å². The molecule has 0 aliphatic carbocycles. The van der Waals surface area contributed by atoms with E-state index in [1.54, 1.807) is 0 Å². The Morgan fingerprint density at radius 3 is 3.13 bits per heavy atom. The number of hydrogen-bond donors (Lipinski definition) is 0. The second-order valence-electron chi connectivity index (χ2n) is 4.09. The summed E-state index contributed by atoms with van der Waals surface area (Å²) in [6, 6.07) is 8.21. The predicted molar refractivity (Wildman–Crippen MR) is 59.0 cm³/mol. The summed E-state index contributed by atoms with van der Waals surface area (Å²) in [5.74, 6) is 1.61. The van der Waals surface area contributed by atoms with Gasteiger partial charge >= 0.3 is 0 Å². The zero-order valence-corrected chi connectivity index (χ0v) is 8.82. The Kier molecular flexibility index (Phi) is 3.38. The minimum absolute atomic E-state index is 0.583. The summed E-state index contributed by atoms with van der Waals surface area (Å²) in [7, 11) is 0. The third-order valence-electron chi connectivity index (χ3n) is 2.89. The molecule has 0 saturated carbocycles. The van der Waals surface area contributed by atoms with E-state index in [1.165, 1.54) is 5.56 Å². The van der Waals surface area contributed by atoms with Crippen molar-refractivity contribution in [1.82, 2.24) is 0 Å². The summed E-state index contributed by atoms with van der Waals surface area (Å²) in [4.78, 5) is 10.2. The maximum atomic E-state index is 10.2. The standard InChI is InChI=1S/C13H16O2/c14-8-4-3-5-11-9-12-6-1-2-7-13(12)15-10-11/h1-2,6-8,11H,3-5,9-10H2. The molecular weight excluding hydrogens is 188 g/mol. The number of ether oxygens (including phenoxy) is 1. The first-order valence-electron chi connectivity index (χ1n) is 5.54. The Morgan fingerprint density at radius 2 is 2.27 bits per heavy atom. The van der Waals surface area contributed by atoms with Crippen molar-refractivity contribution in [1.29, 1.82) is 0 Å². The lowest BCUT2D eigenvalue weighted by molar-refractivity contribution is -0.108. The molecule has 1 aromatic carbocycles. The van der Waals surface area contributed by atoms with E-state index in [4.69, 9.17) is 4.74 Å². The molecule has 0 radical (unpaired) electrons. The molecule has 1 unspecified atom stereocenters. The molecule has 1 aliphatic heterocycles. The number of aldehydes is 1. The number of carbonyl (C=O) groups excluding carboxylic acids is 1. The Labute approximate surface area is 90.3 Å². The summed E-state index contributed by atoms with van der Waals surface area (Å²) in [5.41, 5.74) is 1.31. The first kappa shape index (κ1) is 10.2. The molecule has 1 aromatic rings. The molecule has 0 saturated heterocycles. The lowest BCUT2D eigenvalue weighted by Crippen LogP contribution is -2.20. The van der Waals surface area contributed by atoms with E-state index in [1.807, 2.05) is 12.1 Å². The molecule has 0 aromatic heterocycles. The van der Waals surface area contributed by atoms with Crippen molar-refractivity contribution in [2.24, 2.45) is 5.92 Å². The van der Waals surface area contributed by atoms with Crippen molar-refractivity contribution >= 4 is 6.29 Å². The van der Waals surface area contributed by atoms with Crippen molar-refractivity contribution in [3.8, 4) is 5.75 Å². The van der Waals surface area contributed by atoms with Crippen molar-refractivity contribution < 1.29 is 9.53 Å². The molecule has 0 amide bonds. The van der Waals surface area contributed by atoms with E-state index in [9.17, 15) is 4.79 Å². The van der Waals surface area contributed by atoms with Crippen LogP contribution < -0.4 is 4.74 Å². The average molecular weight is 204 g/mol. The minimum atomic E-state index is 0.583. The number of benzene rings is 1. The Balaban J connectivity index is 1.91. The molecule has 0 fully saturated rings. The fourth-order valence-electron chi connectivity index (χ4n) is 2.07. The molecule has 0 N–H and O–H groups in total. The maximum Gasteiger partial charge on any atom is 0.122 e. The first-order valence-corrected chi connectivity index (χ1v) is 5.54. The molecule has 2 nitrogen and oxygen atoms in total. The summed E-state index contributed by atoms with van der Waals surface area (Å²) in [5, 5.41) is 0. The van der Waals surface area contributed by atoms with Crippen LogP contribution in [0.1, 0.15) is 24.8 Å². The highest BCUT2D eigenvalue weighted by Gasteiger charge is 2.18. The van der Waals surface area contributed by atoms with Crippen molar-refractivity contribution in [2.75, 3.05) is 6.61 Å². The van der Waals surface area contributed by atoms with Crippen LogP contribution in [-0.2, 0) is 11.2 Å². The molecule has 15 heavy (non-hydrogen) atoms. The van der Waals surface area contributed by atoms with Gasteiger partial charge in [0.25, 0.3) is 0 Å². The van der Waals surface area contributed by atoms with E-state index in [2.05, 4.69) is 12.1 Å². The van der Waals surface area contributed by atoms with Gasteiger partial charge in [-0.05, 0) is 36.8 Å². The highest BCUT2D eigenvalue weighted by molar-refractivity contribution is 5.48. The maximum absolute atomic E-state index is 10.2. The molecule has 0 spiro atoms. The van der Waals surface area contributed by atoms with Gasteiger partial charge in [-0.3, -0.25) is 0 Å². The van der Waals surface area contributed by atoms with E-state index in [-0.39, 0.29) is 0 Å². The number of fused-ring (bicyclic) bond motifs is 1. The fraction of sp³-hybridized carbons (Fsp3) is 0.462. The Bertz CT molecular complexity index is 333. The van der Waals surface area contributed by atoms with E-state index < -0.39 is 0 Å². The second kappa shape index (κ2) is 4.96. The normalized spacial score (nSPS) is 19.1. The van der Waals surface area contributed by atoms with E-state index in [0.29, 0.717) is 12.3 Å². The predicted octanol–water partition coefficient (Wildman–Crippen LogP) is 2.61. The minimum Gasteiger partial charge on any atom is -0.493 e. The van der Waals surface area contributed by atoms with Gasteiger partial charge in [0.2, 0.25) is 0 Å². The van der Waals surface area contributed by atoms with Gasteiger partial charge in [0, 0.05) is 6.42 Å². The van der Waals surface area contributed by atoms with E-state index in [0.717, 1.165) is 37.9 Å². The van der Waals surface area contributed by atoms with Crippen LogP contribution in [0.15, 0.2) is 24.3 Å². The average Bonchev–Trinajstić information content (AvgIpc) is 2.29. The zero-order chi connectivity index (χ0) is 10.5. The topological polar surface area (TPSA) is 26.3 Å². The van der Waals surface area contributed by atoms with Crippen LogP contribution in [0.25, 0.3) is 0 Å². The highest BCUT2D eigenvalue weighted by Crippen LogP contribution is 2.28. The summed E-state index contributed by atoms with van der Waals surface area (Å²) in [6.07, 6.45) is 4.84. The number of para-hydroxylation sites is 1. The largest absolute Gasteiger partial charge is 0.493 e. The van der Waals surface area contributed by atoms with Gasteiger partial charge in [0.15, 0.2) is 0 Å². The van der Waals surface area contributed by atoms with Gasteiger partial charge < -0.3 is 9.53 Å². The Morgan fingerprint density at radius 1 is 1.40 bits per heavy atom. The van der Waals surface area contributed by atoms with Gasteiger partial charge in [0.1, 0.15) is 12.0 Å². The summed E-state index contributed by atoms with van der Waals surface area (Å²) >= 11 is 0.